The SMILES string of the molecule is CC1CCC(c2cc(Cl)c3c(c2)C2(CC2)C(=O)N3)N(C(=O)C(=O)O)C1. The van der Waals surface area contributed by atoms with Gasteiger partial charge < -0.3 is 15.3 Å². The molecule has 6 nitrogen and oxygen atoms in total. The molecule has 1 saturated heterocycles. The quantitative estimate of drug-likeness (QED) is 0.752. The molecule has 2 amide bonds. The van der Waals surface area contributed by atoms with Gasteiger partial charge in [-0.15, -0.1) is 0 Å². The molecule has 2 aliphatic heterocycles. The highest BCUT2D eigenvalue weighted by Gasteiger charge is 2.57. The van der Waals surface area contributed by atoms with Crippen molar-refractivity contribution in [3.05, 3.63) is 28.3 Å². The summed E-state index contributed by atoms with van der Waals surface area (Å²) in [6.45, 7) is 2.42. The Hall–Kier alpha value is -2.08. The molecule has 3 aliphatic rings. The standard InChI is InChI=1S/C18H19ClN2O4/c1-9-2-3-13(21(8-9)15(22)16(23)24)10-6-11-14(12(19)7-10)20-17(25)18(11)4-5-18/h6-7,9,13H,2-5,8H2,1H3,(H,20,25)(H,23,24). The van der Waals surface area contributed by atoms with Crippen LogP contribution in [0.25, 0.3) is 0 Å². The number of halogens is 1. The van der Waals surface area contributed by atoms with E-state index >= 15 is 0 Å². The van der Waals surface area contributed by atoms with Gasteiger partial charge in [0.15, 0.2) is 0 Å². The molecule has 0 aromatic heterocycles. The Labute approximate surface area is 150 Å². The number of carbonyl (C=O) groups is 3. The number of nitrogens with one attached hydrogen (secondary N) is 1. The molecule has 0 bridgehead atoms. The van der Waals surface area contributed by atoms with E-state index in [2.05, 4.69) is 5.32 Å². The summed E-state index contributed by atoms with van der Waals surface area (Å²) in [6, 6.07) is 3.37. The van der Waals surface area contributed by atoms with Gasteiger partial charge in [-0.3, -0.25) is 9.59 Å². The molecule has 1 spiro atoms. The fraction of sp³-hybridized carbons (Fsp3) is 0.500. The van der Waals surface area contributed by atoms with Crippen LogP contribution in [0.15, 0.2) is 12.1 Å². The van der Waals surface area contributed by atoms with E-state index in [1.54, 1.807) is 6.07 Å². The van der Waals surface area contributed by atoms with Gasteiger partial charge in [0.2, 0.25) is 5.91 Å². The lowest BCUT2D eigenvalue weighted by Gasteiger charge is -2.38. The number of anilines is 1. The monoisotopic (exact) mass is 362 g/mol. The number of carboxylic acids is 1. The van der Waals surface area contributed by atoms with Crippen molar-refractivity contribution in [2.24, 2.45) is 5.92 Å². The Balaban J connectivity index is 1.75. The van der Waals surface area contributed by atoms with Gasteiger partial charge >= 0.3 is 11.9 Å². The van der Waals surface area contributed by atoms with Crippen LogP contribution < -0.4 is 5.32 Å². The van der Waals surface area contributed by atoms with E-state index in [0.29, 0.717) is 23.7 Å². The number of hydrogen-bond donors (Lipinski definition) is 2. The number of carbonyl (C=O) groups excluding carboxylic acids is 2. The summed E-state index contributed by atoms with van der Waals surface area (Å²) in [5, 5.41) is 12.5. The highest BCUT2D eigenvalue weighted by Crippen LogP contribution is 2.57. The summed E-state index contributed by atoms with van der Waals surface area (Å²) in [5.74, 6) is -2.09. The molecule has 132 valence electrons. The number of aliphatic carboxylic acids is 1. The van der Waals surface area contributed by atoms with Crippen molar-refractivity contribution in [2.75, 3.05) is 11.9 Å². The Bertz CT molecular complexity index is 803. The van der Waals surface area contributed by atoms with Gasteiger partial charge in [-0.2, -0.15) is 0 Å². The first-order valence-corrected chi connectivity index (χ1v) is 8.90. The van der Waals surface area contributed by atoms with E-state index in [1.165, 1.54) is 4.90 Å². The molecule has 0 radical (unpaired) electrons. The third kappa shape index (κ3) is 2.42. The molecule has 1 saturated carbocycles. The summed E-state index contributed by atoms with van der Waals surface area (Å²) in [5.41, 5.74) is 1.89. The molecule has 7 heteroatoms. The van der Waals surface area contributed by atoms with E-state index in [9.17, 15) is 14.4 Å². The Kier molecular flexibility index (Phi) is 3.58. The normalized spacial score (nSPS) is 26.3. The second-order valence-corrected chi connectivity index (χ2v) is 7.83. The predicted octanol–water partition coefficient (Wildman–Crippen LogP) is 2.71. The van der Waals surface area contributed by atoms with Crippen molar-refractivity contribution in [3.63, 3.8) is 0 Å². The van der Waals surface area contributed by atoms with Crippen LogP contribution in [0.3, 0.4) is 0 Å². The summed E-state index contributed by atoms with van der Waals surface area (Å²) < 4.78 is 0. The number of carboxylic acid groups (broad SMARTS) is 1. The van der Waals surface area contributed by atoms with Gasteiger partial charge in [-0.1, -0.05) is 24.6 Å². The zero-order valence-corrected chi connectivity index (χ0v) is 14.6. The van der Waals surface area contributed by atoms with Gasteiger partial charge in [0.05, 0.1) is 22.2 Å². The van der Waals surface area contributed by atoms with Gasteiger partial charge in [0.1, 0.15) is 0 Å². The second kappa shape index (κ2) is 5.46. The van der Waals surface area contributed by atoms with Crippen LogP contribution in [0.5, 0.6) is 0 Å². The number of amides is 2. The maximum Gasteiger partial charge on any atom is 0.394 e. The minimum Gasteiger partial charge on any atom is -0.474 e. The fourth-order valence-electron chi connectivity index (χ4n) is 4.15. The fourth-order valence-corrected chi connectivity index (χ4v) is 4.42. The van der Waals surface area contributed by atoms with Crippen LogP contribution in [-0.2, 0) is 19.8 Å². The Morgan fingerprint density at radius 1 is 1.32 bits per heavy atom. The van der Waals surface area contributed by atoms with E-state index in [-0.39, 0.29) is 17.9 Å². The third-order valence-electron chi connectivity index (χ3n) is 5.70. The highest BCUT2D eigenvalue weighted by atomic mass is 35.5. The second-order valence-electron chi connectivity index (χ2n) is 7.42. The summed E-state index contributed by atoms with van der Waals surface area (Å²) in [4.78, 5) is 37.1. The van der Waals surface area contributed by atoms with Crippen molar-refractivity contribution < 1.29 is 19.5 Å². The van der Waals surface area contributed by atoms with Crippen LogP contribution in [0, 0.1) is 5.92 Å². The van der Waals surface area contributed by atoms with Crippen LogP contribution in [0.2, 0.25) is 5.02 Å². The molecule has 1 aromatic rings. The first-order chi connectivity index (χ1) is 11.8. The van der Waals surface area contributed by atoms with Crippen molar-refractivity contribution in [1.29, 1.82) is 0 Å². The van der Waals surface area contributed by atoms with E-state index in [1.807, 2.05) is 13.0 Å². The molecule has 4 rings (SSSR count). The molecule has 25 heavy (non-hydrogen) atoms. The first-order valence-electron chi connectivity index (χ1n) is 8.53. The average Bonchev–Trinajstić information content (AvgIpc) is 3.31. The third-order valence-corrected chi connectivity index (χ3v) is 6.00. The maximum atomic E-state index is 12.2. The minimum atomic E-state index is -1.44. The lowest BCUT2D eigenvalue weighted by molar-refractivity contribution is -0.158. The zero-order chi connectivity index (χ0) is 17.9. The van der Waals surface area contributed by atoms with Gasteiger partial charge in [0.25, 0.3) is 0 Å². The smallest absolute Gasteiger partial charge is 0.394 e. The zero-order valence-electron chi connectivity index (χ0n) is 13.8. The molecular formula is C18H19ClN2O4. The maximum absolute atomic E-state index is 12.2. The Morgan fingerprint density at radius 2 is 2.04 bits per heavy atom. The molecule has 2 heterocycles. The molecule has 2 N–H and O–H groups in total. The molecule has 1 aromatic carbocycles. The largest absolute Gasteiger partial charge is 0.474 e. The summed E-state index contributed by atoms with van der Waals surface area (Å²) >= 11 is 6.40. The van der Waals surface area contributed by atoms with Crippen LogP contribution >= 0.6 is 11.6 Å². The van der Waals surface area contributed by atoms with Crippen molar-refractivity contribution in [3.8, 4) is 0 Å². The number of benzene rings is 1. The number of hydrogen-bond acceptors (Lipinski definition) is 3. The Morgan fingerprint density at radius 3 is 2.68 bits per heavy atom. The van der Waals surface area contributed by atoms with Gasteiger partial charge in [-0.25, -0.2) is 4.79 Å². The summed E-state index contributed by atoms with van der Waals surface area (Å²) in [6.07, 6.45) is 3.19. The molecule has 2 unspecified atom stereocenters. The molecule has 1 aliphatic carbocycles. The molecule has 2 fully saturated rings. The average molecular weight is 363 g/mol. The topological polar surface area (TPSA) is 86.7 Å². The van der Waals surface area contributed by atoms with Crippen LogP contribution in [0.1, 0.15) is 49.8 Å². The van der Waals surface area contributed by atoms with Crippen LogP contribution in [-0.4, -0.2) is 34.3 Å². The first kappa shape index (κ1) is 16.4. The lowest BCUT2D eigenvalue weighted by Crippen LogP contribution is -2.44. The van der Waals surface area contributed by atoms with E-state index < -0.39 is 17.3 Å². The number of rotatable bonds is 1. The van der Waals surface area contributed by atoms with Gasteiger partial charge in [0, 0.05) is 6.54 Å². The molecule has 2 atom stereocenters. The predicted molar refractivity (Wildman–Crippen MR) is 91.5 cm³/mol. The number of likely N-dealkylation sites (tertiary alicyclic amines) is 1. The summed E-state index contributed by atoms with van der Waals surface area (Å²) in [7, 11) is 0. The number of piperidine rings is 1. The van der Waals surface area contributed by atoms with E-state index in [4.69, 9.17) is 16.7 Å². The molecular weight excluding hydrogens is 344 g/mol. The number of fused-ring (bicyclic) bond motifs is 2. The highest BCUT2D eigenvalue weighted by molar-refractivity contribution is 6.35. The van der Waals surface area contributed by atoms with Gasteiger partial charge in [-0.05, 0) is 48.8 Å². The van der Waals surface area contributed by atoms with Crippen molar-refractivity contribution in [2.45, 2.75) is 44.1 Å². The number of nitrogens with zero attached hydrogens (tertiary/aromatic N) is 1. The van der Waals surface area contributed by atoms with Crippen molar-refractivity contribution >= 4 is 35.1 Å². The van der Waals surface area contributed by atoms with Crippen molar-refractivity contribution in [1.82, 2.24) is 4.90 Å². The van der Waals surface area contributed by atoms with Crippen LogP contribution in [0.4, 0.5) is 5.69 Å². The minimum absolute atomic E-state index is 0.0164. The van der Waals surface area contributed by atoms with E-state index in [0.717, 1.165) is 30.4 Å². The lowest BCUT2D eigenvalue weighted by atomic mass is 9.87.